The van der Waals surface area contributed by atoms with Crippen LogP contribution in [0.1, 0.15) is 31.7 Å². The van der Waals surface area contributed by atoms with E-state index in [9.17, 15) is 4.79 Å². The average molecular weight is 215 g/mol. The summed E-state index contributed by atoms with van der Waals surface area (Å²) in [5, 5.41) is 0. The normalized spacial score (nSPS) is 30.4. The van der Waals surface area contributed by atoms with Crippen LogP contribution >= 0.6 is 0 Å². The van der Waals surface area contributed by atoms with Crippen LogP contribution in [0.25, 0.3) is 0 Å². The predicted octanol–water partition coefficient (Wildman–Crippen LogP) is 2.59. The molecule has 16 heavy (non-hydrogen) atoms. The molecule has 1 aliphatic heterocycles. The number of hydrogen-bond acceptors (Lipinski definition) is 2. The monoisotopic (exact) mass is 215 g/mol. The van der Waals surface area contributed by atoms with E-state index in [4.69, 9.17) is 0 Å². The van der Waals surface area contributed by atoms with Gasteiger partial charge >= 0.3 is 0 Å². The maximum absolute atomic E-state index is 12.1. The molecule has 2 nitrogen and oxygen atoms in total. The Balaban J connectivity index is 2.20. The molecule has 2 aliphatic rings. The van der Waals surface area contributed by atoms with Crippen molar-refractivity contribution in [3.8, 4) is 0 Å². The molecule has 0 bridgehead atoms. The molecule has 0 radical (unpaired) electrons. The highest BCUT2D eigenvalue weighted by molar-refractivity contribution is 5.94. The number of fused-ring (bicyclic) bond motifs is 3. The largest absolute Gasteiger partial charge is 0.364 e. The van der Waals surface area contributed by atoms with Crippen molar-refractivity contribution in [3.63, 3.8) is 0 Å². The van der Waals surface area contributed by atoms with E-state index in [2.05, 4.69) is 36.9 Å². The third-order valence-electron chi connectivity index (χ3n) is 4.19. The van der Waals surface area contributed by atoms with Crippen LogP contribution in [0.4, 0.5) is 5.69 Å². The number of carbonyl (C=O) groups is 1. The average Bonchev–Trinajstić information content (AvgIpc) is 2.64. The minimum Gasteiger partial charge on any atom is -0.364 e. The van der Waals surface area contributed by atoms with Gasteiger partial charge in [-0.3, -0.25) is 4.79 Å². The number of benzene rings is 1. The maximum atomic E-state index is 12.1. The summed E-state index contributed by atoms with van der Waals surface area (Å²) in [5.41, 5.74) is 2.69. The lowest BCUT2D eigenvalue weighted by Crippen LogP contribution is -2.34. The van der Waals surface area contributed by atoms with Crippen molar-refractivity contribution in [1.82, 2.24) is 0 Å². The summed E-state index contributed by atoms with van der Waals surface area (Å²) >= 11 is 0. The zero-order valence-electron chi connectivity index (χ0n) is 10.0. The zero-order valence-corrected chi connectivity index (χ0v) is 10.0. The van der Waals surface area contributed by atoms with Gasteiger partial charge in [-0.1, -0.05) is 32.0 Å². The van der Waals surface area contributed by atoms with Crippen molar-refractivity contribution in [2.75, 3.05) is 11.9 Å². The smallest absolute Gasteiger partial charge is 0.156 e. The first kappa shape index (κ1) is 9.88. The minimum absolute atomic E-state index is 0.0763. The molecule has 2 unspecified atom stereocenters. The van der Waals surface area contributed by atoms with Gasteiger partial charge in [-0.2, -0.15) is 0 Å². The van der Waals surface area contributed by atoms with Crippen LogP contribution in [-0.4, -0.2) is 18.9 Å². The van der Waals surface area contributed by atoms with E-state index in [1.54, 1.807) is 0 Å². The van der Waals surface area contributed by atoms with Crippen LogP contribution in [0.3, 0.4) is 0 Å². The van der Waals surface area contributed by atoms with Crippen molar-refractivity contribution < 1.29 is 4.79 Å². The molecule has 1 heterocycles. The molecule has 1 aliphatic carbocycles. The quantitative estimate of drug-likeness (QED) is 0.663. The van der Waals surface area contributed by atoms with Gasteiger partial charge in [-0.05, 0) is 17.0 Å². The molecule has 2 atom stereocenters. The number of Topliss-reactive ketones (excluding diaryl/α,β-unsaturated/α-hetero) is 1. The van der Waals surface area contributed by atoms with E-state index < -0.39 is 0 Å². The van der Waals surface area contributed by atoms with Gasteiger partial charge in [-0.15, -0.1) is 0 Å². The first-order valence-corrected chi connectivity index (χ1v) is 5.87. The summed E-state index contributed by atoms with van der Waals surface area (Å²) < 4.78 is 0. The molecule has 1 aromatic carbocycles. The Morgan fingerprint density at radius 2 is 2.00 bits per heavy atom. The topological polar surface area (TPSA) is 20.3 Å². The molecule has 0 amide bonds. The highest BCUT2D eigenvalue weighted by Gasteiger charge is 2.54. The molecule has 3 rings (SSSR count). The van der Waals surface area contributed by atoms with Gasteiger partial charge in [0.05, 0.1) is 6.04 Å². The number of carbonyl (C=O) groups excluding carboxylic acids is 1. The fraction of sp³-hybridized carbons (Fsp3) is 0.500. The first-order chi connectivity index (χ1) is 7.52. The first-order valence-electron chi connectivity index (χ1n) is 5.87. The fourth-order valence-corrected chi connectivity index (χ4v) is 3.53. The molecule has 1 saturated carbocycles. The van der Waals surface area contributed by atoms with Crippen molar-refractivity contribution in [2.24, 2.45) is 5.41 Å². The van der Waals surface area contributed by atoms with E-state index in [0.29, 0.717) is 18.1 Å². The minimum atomic E-state index is 0.0763. The number of anilines is 1. The van der Waals surface area contributed by atoms with Crippen molar-refractivity contribution in [2.45, 2.75) is 32.2 Å². The van der Waals surface area contributed by atoms with Crippen molar-refractivity contribution >= 4 is 11.5 Å². The molecule has 0 N–H and O–H groups in total. The molecule has 0 aromatic heterocycles. The van der Waals surface area contributed by atoms with Crippen LogP contribution in [0, 0.1) is 5.41 Å². The highest BCUT2D eigenvalue weighted by Crippen LogP contribution is 2.55. The third-order valence-corrected chi connectivity index (χ3v) is 4.19. The van der Waals surface area contributed by atoms with E-state index in [1.165, 1.54) is 11.3 Å². The van der Waals surface area contributed by atoms with E-state index in [1.807, 2.05) is 13.1 Å². The van der Waals surface area contributed by atoms with Gasteiger partial charge in [0.15, 0.2) is 5.78 Å². The number of para-hydroxylation sites is 1. The van der Waals surface area contributed by atoms with Crippen molar-refractivity contribution in [1.29, 1.82) is 0 Å². The summed E-state index contributed by atoms with van der Waals surface area (Å²) in [4.78, 5) is 14.3. The molecule has 0 spiro atoms. The lowest BCUT2D eigenvalue weighted by atomic mass is 9.78. The van der Waals surface area contributed by atoms with E-state index >= 15 is 0 Å². The second kappa shape index (κ2) is 2.88. The number of likely N-dealkylation sites (N-methyl/N-ethyl adjacent to an activating group) is 1. The second-order valence-corrected chi connectivity index (χ2v) is 5.72. The van der Waals surface area contributed by atoms with Crippen LogP contribution in [0.15, 0.2) is 24.3 Å². The van der Waals surface area contributed by atoms with Gasteiger partial charge < -0.3 is 4.90 Å². The standard InChI is InChI=1S/C14H17NO/c1-14(2)8-11(16)13-12(14)9-6-4-5-7-10(9)15(13)3/h4-7,12-13H,8H2,1-3H3. The van der Waals surface area contributed by atoms with Gasteiger partial charge in [0.25, 0.3) is 0 Å². The second-order valence-electron chi connectivity index (χ2n) is 5.72. The van der Waals surface area contributed by atoms with Crippen LogP contribution in [-0.2, 0) is 4.79 Å². The summed E-state index contributed by atoms with van der Waals surface area (Å²) in [7, 11) is 2.04. The summed E-state index contributed by atoms with van der Waals surface area (Å²) in [6.45, 7) is 4.43. The lowest BCUT2D eigenvalue weighted by Gasteiger charge is -2.26. The Morgan fingerprint density at radius 3 is 2.75 bits per heavy atom. The molecular formula is C14H17NO. The summed E-state index contributed by atoms with van der Waals surface area (Å²) in [5.74, 6) is 0.773. The molecule has 0 saturated heterocycles. The summed E-state index contributed by atoms with van der Waals surface area (Å²) in [6.07, 6.45) is 0.709. The van der Waals surface area contributed by atoms with Crippen LogP contribution in [0.2, 0.25) is 0 Å². The zero-order chi connectivity index (χ0) is 11.5. The van der Waals surface area contributed by atoms with Gasteiger partial charge in [-0.25, -0.2) is 0 Å². The molecular weight excluding hydrogens is 198 g/mol. The van der Waals surface area contributed by atoms with Crippen molar-refractivity contribution in [3.05, 3.63) is 29.8 Å². The third kappa shape index (κ3) is 1.05. The predicted molar refractivity (Wildman–Crippen MR) is 64.8 cm³/mol. The van der Waals surface area contributed by atoms with Gasteiger partial charge in [0.1, 0.15) is 0 Å². The van der Waals surface area contributed by atoms with Crippen LogP contribution < -0.4 is 4.90 Å². The Kier molecular flexibility index (Phi) is 1.78. The molecule has 1 aromatic rings. The molecule has 2 heteroatoms. The Bertz CT molecular complexity index is 464. The van der Waals surface area contributed by atoms with E-state index in [-0.39, 0.29) is 11.5 Å². The Hall–Kier alpha value is -1.31. The van der Waals surface area contributed by atoms with Gasteiger partial charge in [0, 0.05) is 25.1 Å². The number of nitrogens with zero attached hydrogens (tertiary/aromatic N) is 1. The number of ketones is 1. The number of rotatable bonds is 0. The summed E-state index contributed by atoms with van der Waals surface area (Å²) in [6, 6.07) is 8.50. The van der Waals surface area contributed by atoms with Crippen LogP contribution in [0.5, 0.6) is 0 Å². The lowest BCUT2D eigenvalue weighted by molar-refractivity contribution is -0.118. The van der Waals surface area contributed by atoms with Gasteiger partial charge in [0.2, 0.25) is 0 Å². The fourth-order valence-electron chi connectivity index (χ4n) is 3.53. The Labute approximate surface area is 96.3 Å². The Morgan fingerprint density at radius 1 is 1.31 bits per heavy atom. The highest BCUT2D eigenvalue weighted by atomic mass is 16.1. The number of hydrogen-bond donors (Lipinski definition) is 0. The van der Waals surface area contributed by atoms with E-state index in [0.717, 1.165) is 0 Å². The SMILES string of the molecule is CN1c2ccccc2C2C1C(=O)CC2(C)C. The molecule has 84 valence electrons. The maximum Gasteiger partial charge on any atom is 0.156 e. The molecule has 1 fully saturated rings.